The minimum absolute atomic E-state index is 0.118. The number of carbonyl (C=O) groups is 1. The van der Waals surface area contributed by atoms with Gasteiger partial charge in [-0.2, -0.15) is 26.3 Å². The van der Waals surface area contributed by atoms with Crippen LogP contribution in [0.25, 0.3) is 0 Å². The second-order valence-corrected chi connectivity index (χ2v) is 6.97. The van der Waals surface area contributed by atoms with Crippen LogP contribution in [0.4, 0.5) is 32.0 Å². The van der Waals surface area contributed by atoms with Crippen molar-refractivity contribution < 1.29 is 31.1 Å². The normalized spacial score (nSPS) is 11.7. The molecule has 33 heavy (non-hydrogen) atoms. The van der Waals surface area contributed by atoms with Crippen molar-refractivity contribution in [2.45, 2.75) is 18.9 Å². The lowest BCUT2D eigenvalue weighted by molar-refractivity contribution is -0.138. The van der Waals surface area contributed by atoms with Crippen molar-refractivity contribution in [2.75, 3.05) is 5.32 Å². The average Bonchev–Trinajstić information content (AvgIpc) is 2.77. The Morgan fingerprint density at radius 2 is 1.33 bits per heavy atom. The Morgan fingerprint density at radius 3 is 1.94 bits per heavy atom. The van der Waals surface area contributed by atoms with E-state index < -0.39 is 40.8 Å². The predicted octanol–water partition coefficient (Wildman–Crippen LogP) is 6.09. The van der Waals surface area contributed by atoms with E-state index in [9.17, 15) is 31.1 Å². The number of hydrogen-bond donors (Lipinski definition) is 3. The zero-order valence-corrected chi connectivity index (χ0v) is 16.8. The number of halogens is 6. The number of amides is 1. The van der Waals surface area contributed by atoms with E-state index in [1.807, 2.05) is 0 Å². The van der Waals surface area contributed by atoms with Gasteiger partial charge < -0.3 is 10.6 Å². The number of carbonyl (C=O) groups excluding carboxylic acids is 1. The molecule has 0 fully saturated rings. The van der Waals surface area contributed by atoms with Crippen LogP contribution in [0.1, 0.15) is 32.6 Å². The molecular weight excluding hydrogens is 448 g/mol. The summed E-state index contributed by atoms with van der Waals surface area (Å²) >= 11 is 0. The lowest BCUT2D eigenvalue weighted by Gasteiger charge is -2.16. The van der Waals surface area contributed by atoms with Gasteiger partial charge in [0.2, 0.25) is 0 Å². The molecule has 0 saturated carbocycles. The Hall–Kier alpha value is -3.82. The van der Waals surface area contributed by atoms with Crippen molar-refractivity contribution in [3.05, 3.63) is 101 Å². The first-order chi connectivity index (χ1) is 15.5. The number of anilines is 1. The molecule has 0 aliphatic heterocycles. The fourth-order valence-corrected chi connectivity index (χ4v) is 3.04. The summed E-state index contributed by atoms with van der Waals surface area (Å²) in [6.07, 6.45) is -9.19. The molecule has 0 unspecified atom stereocenters. The van der Waals surface area contributed by atoms with Crippen LogP contribution >= 0.6 is 0 Å². The quantitative estimate of drug-likeness (QED) is 0.243. The third kappa shape index (κ3) is 5.91. The molecule has 0 saturated heterocycles. The Morgan fingerprint density at radius 1 is 0.758 bits per heavy atom. The van der Waals surface area contributed by atoms with E-state index in [1.165, 1.54) is 24.3 Å². The summed E-state index contributed by atoms with van der Waals surface area (Å²) in [5.74, 6) is -1.53. The second kappa shape index (κ2) is 9.35. The number of benzene rings is 3. The molecule has 0 spiro atoms. The van der Waals surface area contributed by atoms with Crippen LogP contribution < -0.4 is 10.6 Å². The van der Waals surface area contributed by atoms with Crippen LogP contribution in [0.3, 0.4) is 0 Å². The monoisotopic (exact) mass is 465 g/mol. The van der Waals surface area contributed by atoms with Crippen LogP contribution in [-0.2, 0) is 18.9 Å². The van der Waals surface area contributed by atoms with Gasteiger partial charge in [-0.3, -0.25) is 10.2 Å². The Balaban J connectivity index is 1.74. The third-order valence-electron chi connectivity index (χ3n) is 4.68. The number of nitrogens with one attached hydrogen (secondary N) is 3. The highest BCUT2D eigenvalue weighted by molar-refractivity contribution is 6.13. The van der Waals surface area contributed by atoms with Gasteiger partial charge >= 0.3 is 12.4 Å². The molecule has 3 N–H and O–H groups in total. The van der Waals surface area contributed by atoms with Crippen molar-refractivity contribution in [3.63, 3.8) is 0 Å². The fourth-order valence-electron chi connectivity index (χ4n) is 3.04. The molecule has 0 bridgehead atoms. The SMILES string of the molecule is N=C(NC(=O)c1ccccc1C(F)(F)F)c1ccccc1NCc1ccc(C(F)(F)F)cc1. The van der Waals surface area contributed by atoms with Crippen LogP contribution in [0.5, 0.6) is 0 Å². The molecule has 0 atom stereocenters. The summed E-state index contributed by atoms with van der Waals surface area (Å²) < 4.78 is 77.6. The zero-order valence-electron chi connectivity index (χ0n) is 16.8. The first-order valence-corrected chi connectivity index (χ1v) is 9.52. The van der Waals surface area contributed by atoms with E-state index in [-0.39, 0.29) is 12.1 Å². The molecule has 10 heteroatoms. The molecule has 0 aliphatic rings. The largest absolute Gasteiger partial charge is 0.417 e. The highest BCUT2D eigenvalue weighted by Gasteiger charge is 2.35. The zero-order chi connectivity index (χ0) is 24.2. The lowest BCUT2D eigenvalue weighted by atomic mass is 10.1. The lowest BCUT2D eigenvalue weighted by Crippen LogP contribution is -2.32. The van der Waals surface area contributed by atoms with Crippen LogP contribution in [0.15, 0.2) is 72.8 Å². The van der Waals surface area contributed by atoms with Crippen LogP contribution in [0.2, 0.25) is 0 Å². The maximum absolute atomic E-state index is 13.2. The van der Waals surface area contributed by atoms with Crippen molar-refractivity contribution in [1.29, 1.82) is 5.41 Å². The van der Waals surface area contributed by atoms with Gasteiger partial charge in [-0.1, -0.05) is 36.4 Å². The summed E-state index contributed by atoms with van der Waals surface area (Å²) in [6, 6.07) is 15.0. The van der Waals surface area contributed by atoms with Gasteiger partial charge in [0.15, 0.2) is 0 Å². The summed E-state index contributed by atoms with van der Waals surface area (Å²) in [4.78, 5) is 12.4. The van der Waals surface area contributed by atoms with Gasteiger partial charge in [0.25, 0.3) is 5.91 Å². The summed E-state index contributed by atoms with van der Waals surface area (Å²) in [7, 11) is 0. The summed E-state index contributed by atoms with van der Waals surface area (Å²) in [5, 5.41) is 13.3. The van der Waals surface area contributed by atoms with Crippen LogP contribution in [0, 0.1) is 5.41 Å². The summed E-state index contributed by atoms with van der Waals surface area (Å²) in [5.41, 5.74) is -1.43. The Bertz CT molecular complexity index is 1150. The molecule has 0 aliphatic carbocycles. The average molecular weight is 465 g/mol. The van der Waals surface area contributed by atoms with Gasteiger partial charge in [-0.05, 0) is 42.0 Å². The molecule has 3 aromatic carbocycles. The van der Waals surface area contributed by atoms with E-state index in [0.29, 0.717) is 11.3 Å². The van der Waals surface area contributed by atoms with Crippen LogP contribution in [-0.4, -0.2) is 11.7 Å². The first-order valence-electron chi connectivity index (χ1n) is 9.52. The minimum atomic E-state index is -4.74. The number of alkyl halides is 6. The molecule has 0 aromatic heterocycles. The highest BCUT2D eigenvalue weighted by atomic mass is 19.4. The molecule has 3 aromatic rings. The number of para-hydroxylation sites is 1. The molecule has 1 amide bonds. The molecule has 4 nitrogen and oxygen atoms in total. The van der Waals surface area contributed by atoms with E-state index in [2.05, 4.69) is 10.6 Å². The second-order valence-electron chi connectivity index (χ2n) is 6.97. The molecule has 0 heterocycles. The van der Waals surface area contributed by atoms with Gasteiger partial charge in [-0.15, -0.1) is 0 Å². The fraction of sp³-hybridized carbons (Fsp3) is 0.130. The minimum Gasteiger partial charge on any atom is -0.380 e. The molecule has 0 radical (unpaired) electrons. The van der Waals surface area contributed by atoms with Crippen molar-refractivity contribution in [1.82, 2.24) is 5.32 Å². The number of hydrogen-bond acceptors (Lipinski definition) is 3. The van der Waals surface area contributed by atoms with Gasteiger partial charge in [-0.25, -0.2) is 0 Å². The predicted molar refractivity (Wildman–Crippen MR) is 111 cm³/mol. The van der Waals surface area contributed by atoms with Gasteiger partial charge in [0.05, 0.1) is 16.7 Å². The van der Waals surface area contributed by atoms with Crippen molar-refractivity contribution >= 4 is 17.4 Å². The standard InChI is InChI=1S/C23H17F6N3O/c24-22(25,26)15-11-9-14(10-12-15)13-31-19-8-4-2-6-17(19)20(30)32-21(33)16-5-1-3-7-18(16)23(27,28)29/h1-12,31H,13H2,(H2,30,32,33). The molecule has 3 rings (SSSR count). The van der Waals surface area contributed by atoms with E-state index in [1.54, 1.807) is 18.2 Å². The van der Waals surface area contributed by atoms with Gasteiger partial charge in [0.1, 0.15) is 5.84 Å². The van der Waals surface area contributed by atoms with E-state index in [0.717, 1.165) is 30.3 Å². The van der Waals surface area contributed by atoms with E-state index in [4.69, 9.17) is 5.41 Å². The number of amidine groups is 1. The first kappa shape index (κ1) is 23.8. The molecule has 172 valence electrons. The Labute approximate surface area is 184 Å². The number of rotatable bonds is 5. The maximum Gasteiger partial charge on any atom is 0.417 e. The topological polar surface area (TPSA) is 65.0 Å². The maximum atomic E-state index is 13.2. The third-order valence-corrected chi connectivity index (χ3v) is 4.68. The van der Waals surface area contributed by atoms with Gasteiger partial charge in [0, 0.05) is 17.8 Å². The molecular formula is C23H17F6N3O. The smallest absolute Gasteiger partial charge is 0.380 e. The highest BCUT2D eigenvalue weighted by Crippen LogP contribution is 2.32. The van der Waals surface area contributed by atoms with E-state index >= 15 is 0 Å². The van der Waals surface area contributed by atoms with Crippen molar-refractivity contribution in [2.24, 2.45) is 0 Å². The Kier molecular flexibility index (Phi) is 6.75. The summed E-state index contributed by atoms with van der Waals surface area (Å²) in [6.45, 7) is 0.118. The van der Waals surface area contributed by atoms with Crippen molar-refractivity contribution in [3.8, 4) is 0 Å².